The fourth-order valence-corrected chi connectivity index (χ4v) is 2.55. The van der Waals surface area contributed by atoms with E-state index in [1.54, 1.807) is 17.0 Å². The molecule has 0 aliphatic carbocycles. The van der Waals surface area contributed by atoms with Gasteiger partial charge in [0.2, 0.25) is 0 Å². The number of non-ortho nitro benzene ring substituents is 1. The molecule has 1 aromatic carbocycles. The van der Waals surface area contributed by atoms with Crippen LogP contribution < -0.4 is 10.2 Å². The van der Waals surface area contributed by atoms with Gasteiger partial charge in [0.25, 0.3) is 5.69 Å². The predicted octanol–water partition coefficient (Wildman–Crippen LogP) is 0.512. The summed E-state index contributed by atoms with van der Waals surface area (Å²) >= 11 is 5.39. The molecule has 7 heteroatoms. The second kappa shape index (κ2) is 6.62. The molecule has 0 amide bonds. The number of likely N-dealkylation sites (N-methyl/N-ethyl adjacent to an activating group) is 1. The Bertz CT molecular complexity index is 484. The molecule has 0 unspecified atom stereocenters. The fraction of sp³-hybridized carbons (Fsp3) is 0.462. The Morgan fingerprint density at radius 3 is 2.50 bits per heavy atom. The Morgan fingerprint density at radius 1 is 1.40 bits per heavy atom. The second-order valence-electron chi connectivity index (χ2n) is 4.82. The molecule has 0 bridgehead atoms. The third kappa shape index (κ3) is 3.64. The molecule has 1 aliphatic heterocycles. The third-order valence-corrected chi connectivity index (χ3v) is 3.95. The van der Waals surface area contributed by atoms with E-state index in [1.165, 1.54) is 12.1 Å². The number of hydrogen-bond acceptors (Lipinski definition) is 3. The van der Waals surface area contributed by atoms with E-state index >= 15 is 0 Å². The van der Waals surface area contributed by atoms with Gasteiger partial charge in [-0.15, -0.1) is 0 Å². The van der Waals surface area contributed by atoms with E-state index < -0.39 is 4.92 Å². The number of nitro groups is 1. The average Bonchev–Trinajstić information content (AvgIpc) is 2.48. The number of quaternary nitrogens is 1. The number of piperazine rings is 1. The first-order valence-corrected chi connectivity index (χ1v) is 7.15. The molecule has 1 fully saturated rings. The lowest BCUT2D eigenvalue weighted by molar-refractivity contribution is -0.902. The quantitative estimate of drug-likeness (QED) is 0.483. The van der Waals surface area contributed by atoms with Crippen molar-refractivity contribution >= 4 is 28.7 Å². The molecule has 1 aliphatic rings. The van der Waals surface area contributed by atoms with Crippen molar-refractivity contribution in [2.45, 2.75) is 6.92 Å². The van der Waals surface area contributed by atoms with E-state index in [1.807, 2.05) is 0 Å². The van der Waals surface area contributed by atoms with Crippen molar-refractivity contribution < 1.29 is 9.82 Å². The number of nitro benzene ring substituents is 1. The number of rotatable bonds is 3. The molecule has 2 N–H and O–H groups in total. The summed E-state index contributed by atoms with van der Waals surface area (Å²) in [5.41, 5.74) is 0.868. The Kier molecular flexibility index (Phi) is 4.86. The summed E-state index contributed by atoms with van der Waals surface area (Å²) in [7, 11) is 0. The van der Waals surface area contributed by atoms with E-state index in [-0.39, 0.29) is 5.69 Å². The molecule has 108 valence electrons. The first-order chi connectivity index (χ1) is 9.60. The van der Waals surface area contributed by atoms with Gasteiger partial charge >= 0.3 is 0 Å². The number of benzene rings is 1. The van der Waals surface area contributed by atoms with E-state index in [0.29, 0.717) is 5.11 Å². The van der Waals surface area contributed by atoms with Crippen LogP contribution in [0.5, 0.6) is 0 Å². The monoisotopic (exact) mass is 295 g/mol. The van der Waals surface area contributed by atoms with Gasteiger partial charge in [0.1, 0.15) is 0 Å². The topological polar surface area (TPSA) is 62.8 Å². The van der Waals surface area contributed by atoms with Gasteiger partial charge in [-0.2, -0.15) is 0 Å². The van der Waals surface area contributed by atoms with Gasteiger partial charge in [0.15, 0.2) is 5.11 Å². The molecule has 6 nitrogen and oxygen atoms in total. The summed E-state index contributed by atoms with van der Waals surface area (Å²) in [4.78, 5) is 13.9. The summed E-state index contributed by atoms with van der Waals surface area (Å²) in [5, 5.41) is 14.4. The first kappa shape index (κ1) is 14.7. The lowest BCUT2D eigenvalue weighted by Gasteiger charge is -2.33. The average molecular weight is 295 g/mol. The van der Waals surface area contributed by atoms with Crippen LogP contribution in [0.2, 0.25) is 0 Å². The maximum absolute atomic E-state index is 10.6. The van der Waals surface area contributed by atoms with Crippen LogP contribution in [-0.2, 0) is 0 Å². The van der Waals surface area contributed by atoms with Gasteiger partial charge in [0.05, 0.1) is 37.6 Å². The second-order valence-corrected chi connectivity index (χ2v) is 5.21. The standard InChI is InChI=1S/C13H18N4O2S/c1-2-15-7-9-16(10-8-15)13(20)14-11-3-5-12(6-4-11)17(18)19/h3-6H,2,7-10H2,1H3,(H,14,20)/p+1. The van der Waals surface area contributed by atoms with Crippen molar-refractivity contribution in [3.63, 3.8) is 0 Å². The number of anilines is 1. The maximum atomic E-state index is 10.6. The van der Waals surface area contributed by atoms with Crippen LogP contribution >= 0.6 is 12.2 Å². The minimum absolute atomic E-state index is 0.0848. The van der Waals surface area contributed by atoms with Gasteiger partial charge in [-0.25, -0.2) is 0 Å². The summed E-state index contributed by atoms with van der Waals surface area (Å²) in [5.74, 6) is 0. The molecule has 1 aromatic rings. The van der Waals surface area contributed by atoms with Crippen LogP contribution in [0.4, 0.5) is 11.4 Å². The summed E-state index contributed by atoms with van der Waals surface area (Å²) in [6, 6.07) is 6.31. The molecule has 20 heavy (non-hydrogen) atoms. The molecule has 2 rings (SSSR count). The van der Waals surface area contributed by atoms with Crippen LogP contribution in [0.25, 0.3) is 0 Å². The lowest BCUT2D eigenvalue weighted by Crippen LogP contribution is -3.14. The zero-order chi connectivity index (χ0) is 14.5. The molecular weight excluding hydrogens is 276 g/mol. The summed E-state index contributed by atoms with van der Waals surface area (Å²) in [6.07, 6.45) is 0. The molecule has 0 aromatic heterocycles. The molecule has 0 saturated carbocycles. The minimum atomic E-state index is -0.408. The minimum Gasteiger partial charge on any atom is -0.338 e. The van der Waals surface area contributed by atoms with Crippen molar-refractivity contribution in [1.29, 1.82) is 0 Å². The third-order valence-electron chi connectivity index (χ3n) is 3.59. The first-order valence-electron chi connectivity index (χ1n) is 6.74. The summed E-state index contributed by atoms with van der Waals surface area (Å²) < 4.78 is 0. The smallest absolute Gasteiger partial charge is 0.269 e. The van der Waals surface area contributed by atoms with E-state index in [0.717, 1.165) is 38.4 Å². The fourth-order valence-electron chi connectivity index (χ4n) is 2.25. The molecule has 1 heterocycles. The Balaban J connectivity index is 1.90. The van der Waals surface area contributed by atoms with E-state index in [2.05, 4.69) is 17.1 Å². The zero-order valence-corrected chi connectivity index (χ0v) is 12.3. The molecule has 1 saturated heterocycles. The SMILES string of the molecule is CC[NH+]1CCN(C(=S)Nc2ccc([N+](=O)[O-])cc2)CC1. The van der Waals surface area contributed by atoms with Crippen molar-refractivity contribution in [1.82, 2.24) is 4.90 Å². The van der Waals surface area contributed by atoms with Crippen LogP contribution in [0.3, 0.4) is 0 Å². The molecule has 0 atom stereocenters. The largest absolute Gasteiger partial charge is 0.338 e. The van der Waals surface area contributed by atoms with Gasteiger partial charge in [-0.05, 0) is 31.3 Å². The highest BCUT2D eigenvalue weighted by Gasteiger charge is 2.20. The van der Waals surface area contributed by atoms with Gasteiger partial charge in [-0.3, -0.25) is 10.1 Å². The summed E-state index contributed by atoms with van der Waals surface area (Å²) in [6.45, 7) is 7.43. The van der Waals surface area contributed by atoms with Crippen molar-refractivity contribution in [2.24, 2.45) is 0 Å². The van der Waals surface area contributed by atoms with Gasteiger partial charge in [0, 0.05) is 17.8 Å². The number of thiocarbonyl (C=S) groups is 1. The maximum Gasteiger partial charge on any atom is 0.269 e. The zero-order valence-electron chi connectivity index (χ0n) is 11.5. The van der Waals surface area contributed by atoms with Crippen molar-refractivity contribution in [2.75, 3.05) is 38.0 Å². The Hall–Kier alpha value is -1.73. The lowest BCUT2D eigenvalue weighted by atomic mass is 10.3. The van der Waals surface area contributed by atoms with Crippen LogP contribution in [0.1, 0.15) is 6.92 Å². The molecule has 0 radical (unpaired) electrons. The van der Waals surface area contributed by atoms with E-state index in [9.17, 15) is 10.1 Å². The van der Waals surface area contributed by atoms with Crippen molar-refractivity contribution in [3.05, 3.63) is 34.4 Å². The van der Waals surface area contributed by atoms with Crippen LogP contribution in [0, 0.1) is 10.1 Å². The highest BCUT2D eigenvalue weighted by atomic mass is 32.1. The number of nitrogens with zero attached hydrogens (tertiary/aromatic N) is 2. The van der Waals surface area contributed by atoms with Crippen LogP contribution in [0.15, 0.2) is 24.3 Å². The predicted molar refractivity (Wildman–Crippen MR) is 82.1 cm³/mol. The highest BCUT2D eigenvalue weighted by Crippen LogP contribution is 2.15. The van der Waals surface area contributed by atoms with Crippen molar-refractivity contribution in [3.8, 4) is 0 Å². The normalized spacial score (nSPS) is 15.9. The van der Waals surface area contributed by atoms with Gasteiger partial charge < -0.3 is 15.1 Å². The molecule has 0 spiro atoms. The number of hydrogen-bond donors (Lipinski definition) is 2. The Morgan fingerprint density at radius 2 is 2.00 bits per heavy atom. The van der Waals surface area contributed by atoms with Gasteiger partial charge in [-0.1, -0.05) is 0 Å². The van der Waals surface area contributed by atoms with Crippen LogP contribution in [-0.4, -0.2) is 47.7 Å². The highest BCUT2D eigenvalue weighted by molar-refractivity contribution is 7.80. The number of nitrogens with one attached hydrogen (secondary N) is 2. The molecular formula is C13H19N4O2S+. The Labute approximate surface area is 123 Å². The van der Waals surface area contributed by atoms with E-state index in [4.69, 9.17) is 12.2 Å².